The van der Waals surface area contributed by atoms with Crippen molar-refractivity contribution in [3.63, 3.8) is 0 Å². The first-order valence-electron chi connectivity index (χ1n) is 14.4. The number of carbonyl (C=O) groups excluding carboxylic acids is 4. The molecule has 2 N–H and O–H groups in total. The highest BCUT2D eigenvalue weighted by atomic mass is 16.6. The van der Waals surface area contributed by atoms with E-state index in [0.29, 0.717) is 43.6 Å². The lowest BCUT2D eigenvalue weighted by atomic mass is 9.79. The summed E-state index contributed by atoms with van der Waals surface area (Å²) in [6, 6.07) is 14.4. The Morgan fingerprint density at radius 1 is 0.902 bits per heavy atom. The number of hydrogen-bond donors (Lipinski definition) is 2. The smallest absolute Gasteiger partial charge is 0.410 e. The van der Waals surface area contributed by atoms with Crippen molar-refractivity contribution in [3.8, 4) is 0 Å². The fourth-order valence-corrected chi connectivity index (χ4v) is 6.09. The predicted molar refractivity (Wildman–Crippen MR) is 152 cm³/mol. The monoisotopic (exact) mass is 562 g/mol. The summed E-state index contributed by atoms with van der Waals surface area (Å²) >= 11 is 0. The summed E-state index contributed by atoms with van der Waals surface area (Å²) in [5.74, 6) is 0.328. The van der Waals surface area contributed by atoms with E-state index in [1.165, 1.54) is 7.11 Å². The van der Waals surface area contributed by atoms with Gasteiger partial charge < -0.3 is 29.9 Å². The first-order valence-corrected chi connectivity index (χ1v) is 14.4. The number of amides is 3. The molecule has 1 unspecified atom stereocenters. The molecule has 3 aliphatic rings. The number of nitrogens with zero attached hydrogens (tertiary/aromatic N) is 2. The number of fused-ring (bicyclic) bond motifs is 1. The lowest BCUT2D eigenvalue weighted by molar-refractivity contribution is -0.142. The van der Waals surface area contributed by atoms with Gasteiger partial charge in [-0.1, -0.05) is 30.3 Å². The molecule has 3 aliphatic heterocycles. The number of esters is 1. The van der Waals surface area contributed by atoms with E-state index in [9.17, 15) is 19.2 Å². The van der Waals surface area contributed by atoms with Gasteiger partial charge in [-0.2, -0.15) is 0 Å². The Morgan fingerprint density at radius 3 is 2.22 bits per heavy atom. The molecule has 2 aromatic carbocycles. The number of rotatable bonds is 6. The van der Waals surface area contributed by atoms with Crippen molar-refractivity contribution < 1.29 is 28.7 Å². The summed E-state index contributed by atoms with van der Waals surface area (Å²) in [6.45, 7) is 3.39. The maximum Gasteiger partial charge on any atom is 0.410 e. The van der Waals surface area contributed by atoms with Crippen LogP contribution in [0.5, 0.6) is 0 Å². The number of hydrogen-bond acceptors (Lipinski definition) is 7. The number of carbonyl (C=O) groups is 4. The van der Waals surface area contributed by atoms with E-state index in [4.69, 9.17) is 9.47 Å². The molecular weight excluding hydrogens is 524 g/mol. The quantitative estimate of drug-likeness (QED) is 0.517. The molecule has 41 heavy (non-hydrogen) atoms. The third kappa shape index (κ3) is 6.99. The zero-order valence-electron chi connectivity index (χ0n) is 23.5. The molecule has 2 fully saturated rings. The van der Waals surface area contributed by atoms with Crippen molar-refractivity contribution in [1.82, 2.24) is 15.1 Å². The van der Waals surface area contributed by atoms with Crippen LogP contribution in [-0.4, -0.2) is 73.0 Å². The van der Waals surface area contributed by atoms with Crippen molar-refractivity contribution in [3.05, 3.63) is 65.2 Å². The molecule has 3 amide bonds. The Labute approximate surface area is 240 Å². The van der Waals surface area contributed by atoms with Crippen molar-refractivity contribution in [1.29, 1.82) is 0 Å². The molecule has 0 aliphatic carbocycles. The Hall–Kier alpha value is -4.08. The van der Waals surface area contributed by atoms with Crippen LogP contribution >= 0.6 is 0 Å². The van der Waals surface area contributed by atoms with E-state index in [2.05, 4.69) is 10.6 Å². The molecule has 0 saturated carbocycles. The van der Waals surface area contributed by atoms with Gasteiger partial charge in [-0.15, -0.1) is 0 Å². The minimum absolute atomic E-state index is 0.0103. The van der Waals surface area contributed by atoms with Gasteiger partial charge in [-0.3, -0.25) is 14.4 Å². The lowest BCUT2D eigenvalue weighted by Gasteiger charge is -2.40. The Kier molecular flexibility index (Phi) is 9.06. The van der Waals surface area contributed by atoms with Crippen LogP contribution in [0.1, 0.15) is 53.6 Å². The summed E-state index contributed by atoms with van der Waals surface area (Å²) in [4.78, 5) is 53.7. The van der Waals surface area contributed by atoms with Crippen LogP contribution in [0, 0.1) is 11.8 Å². The van der Waals surface area contributed by atoms with Gasteiger partial charge >= 0.3 is 12.1 Å². The summed E-state index contributed by atoms with van der Waals surface area (Å²) < 4.78 is 10.2. The fraction of sp³-hybridized carbons (Fsp3) is 0.484. The largest absolute Gasteiger partial charge is 0.469 e. The summed E-state index contributed by atoms with van der Waals surface area (Å²) in [5, 5.41) is 5.94. The zero-order valence-corrected chi connectivity index (χ0v) is 23.5. The average molecular weight is 563 g/mol. The number of benzene rings is 2. The normalized spacial score (nSPS) is 19.8. The van der Waals surface area contributed by atoms with Gasteiger partial charge in [-0.25, -0.2) is 4.79 Å². The second kappa shape index (κ2) is 13.1. The maximum absolute atomic E-state index is 13.3. The van der Waals surface area contributed by atoms with Crippen LogP contribution < -0.4 is 10.6 Å². The Balaban J connectivity index is 1.09. The molecule has 2 saturated heterocycles. The SMILES string of the molecule is COC(=O)CC1Nc2ccc(C(=O)N3CCC(C4CCN(C(=O)OCc5ccccc5)CC4)CC3)cc2CNC1=O. The minimum atomic E-state index is -0.726. The van der Waals surface area contributed by atoms with Crippen LogP contribution in [-0.2, 0) is 32.2 Å². The van der Waals surface area contributed by atoms with Gasteiger partial charge in [0.1, 0.15) is 12.6 Å². The van der Waals surface area contributed by atoms with Gasteiger partial charge in [0.15, 0.2) is 0 Å². The highest BCUT2D eigenvalue weighted by molar-refractivity contribution is 5.96. The molecule has 5 rings (SSSR count). The number of nitrogens with one attached hydrogen (secondary N) is 2. The lowest BCUT2D eigenvalue weighted by Crippen LogP contribution is -2.44. The van der Waals surface area contributed by atoms with Crippen LogP contribution in [0.15, 0.2) is 48.5 Å². The molecule has 218 valence electrons. The van der Waals surface area contributed by atoms with Gasteiger partial charge in [-0.05, 0) is 66.8 Å². The van der Waals surface area contributed by atoms with E-state index in [1.807, 2.05) is 46.2 Å². The molecule has 10 heteroatoms. The van der Waals surface area contributed by atoms with Crippen molar-refractivity contribution >= 4 is 29.6 Å². The van der Waals surface area contributed by atoms with E-state index in [0.717, 1.165) is 42.5 Å². The van der Waals surface area contributed by atoms with Gasteiger partial charge in [0, 0.05) is 44.0 Å². The predicted octanol–water partition coefficient (Wildman–Crippen LogP) is 3.56. The van der Waals surface area contributed by atoms with E-state index >= 15 is 0 Å². The number of likely N-dealkylation sites (tertiary alicyclic amines) is 2. The molecule has 0 spiro atoms. The second-order valence-electron chi connectivity index (χ2n) is 11.1. The number of anilines is 1. The zero-order chi connectivity index (χ0) is 28.8. The van der Waals surface area contributed by atoms with Crippen LogP contribution in [0.4, 0.5) is 10.5 Å². The van der Waals surface area contributed by atoms with Gasteiger partial charge in [0.05, 0.1) is 13.5 Å². The molecule has 0 radical (unpaired) electrons. The first kappa shape index (κ1) is 28.4. The first-order chi connectivity index (χ1) is 19.9. The summed E-state index contributed by atoms with van der Waals surface area (Å²) in [7, 11) is 1.29. The second-order valence-corrected chi connectivity index (χ2v) is 11.1. The molecule has 2 aromatic rings. The standard InChI is InChI=1S/C31H38N4O6/c1-40-28(36)18-27-29(37)32-19-25-17-24(7-8-26(25)33-27)30(38)34-13-9-22(10-14-34)23-11-15-35(16-12-23)31(39)41-20-21-5-3-2-4-6-21/h2-8,17,22-23,27,33H,9-16,18-20H2,1H3,(H,32,37). The Morgan fingerprint density at radius 2 is 1.56 bits per heavy atom. The van der Waals surface area contributed by atoms with Gasteiger partial charge in [0.25, 0.3) is 5.91 Å². The summed E-state index contributed by atoms with van der Waals surface area (Å²) in [5.41, 5.74) is 3.10. The highest BCUT2D eigenvalue weighted by Crippen LogP contribution is 2.33. The molecular formula is C31H38N4O6. The maximum atomic E-state index is 13.3. The molecule has 0 bridgehead atoms. The summed E-state index contributed by atoms with van der Waals surface area (Å²) in [6.07, 6.45) is 3.50. The molecule has 1 atom stereocenters. The van der Waals surface area contributed by atoms with Crippen LogP contribution in [0.3, 0.4) is 0 Å². The Bertz CT molecular complexity index is 1250. The third-order valence-electron chi connectivity index (χ3n) is 8.55. The minimum Gasteiger partial charge on any atom is -0.469 e. The topological polar surface area (TPSA) is 117 Å². The fourth-order valence-electron chi connectivity index (χ4n) is 6.09. The van der Waals surface area contributed by atoms with E-state index in [-0.39, 0.29) is 37.5 Å². The number of piperidine rings is 2. The van der Waals surface area contributed by atoms with Crippen molar-refractivity contribution in [2.75, 3.05) is 38.6 Å². The average Bonchev–Trinajstić information content (AvgIpc) is 3.17. The third-order valence-corrected chi connectivity index (χ3v) is 8.55. The number of methoxy groups -OCH3 is 1. The van der Waals surface area contributed by atoms with Crippen LogP contribution in [0.25, 0.3) is 0 Å². The molecule has 10 nitrogen and oxygen atoms in total. The van der Waals surface area contributed by atoms with Crippen molar-refractivity contribution in [2.45, 2.75) is 51.3 Å². The van der Waals surface area contributed by atoms with Gasteiger partial charge in [0.2, 0.25) is 5.91 Å². The van der Waals surface area contributed by atoms with Crippen molar-refractivity contribution in [2.24, 2.45) is 11.8 Å². The molecule has 3 heterocycles. The number of ether oxygens (including phenoxy) is 2. The van der Waals surface area contributed by atoms with E-state index in [1.54, 1.807) is 12.1 Å². The van der Waals surface area contributed by atoms with E-state index < -0.39 is 12.0 Å². The molecule has 0 aromatic heterocycles. The van der Waals surface area contributed by atoms with Crippen LogP contribution in [0.2, 0.25) is 0 Å². The highest BCUT2D eigenvalue weighted by Gasteiger charge is 2.33.